The van der Waals surface area contributed by atoms with Crippen LogP contribution in [0.15, 0.2) is 36.4 Å². The van der Waals surface area contributed by atoms with Crippen molar-refractivity contribution in [2.75, 3.05) is 20.8 Å². The van der Waals surface area contributed by atoms with E-state index in [1.165, 1.54) is 11.1 Å². The standard InChI is InChI=1S/C17H21NO2/c1-12-6-4-5-7-15(12)14-10-13(8-9-18)17(20-3)16(11-14)19-2/h4-7,10-11H,8-9,18H2,1-3H3. The van der Waals surface area contributed by atoms with Crippen molar-refractivity contribution in [3.05, 3.63) is 47.5 Å². The zero-order chi connectivity index (χ0) is 14.5. The van der Waals surface area contributed by atoms with Crippen LogP contribution in [0.2, 0.25) is 0 Å². The molecule has 2 rings (SSSR count). The normalized spacial score (nSPS) is 10.4. The average Bonchev–Trinajstić information content (AvgIpc) is 2.47. The molecule has 0 saturated heterocycles. The fourth-order valence-corrected chi connectivity index (χ4v) is 2.44. The quantitative estimate of drug-likeness (QED) is 0.908. The van der Waals surface area contributed by atoms with Crippen LogP contribution in [0.5, 0.6) is 11.5 Å². The van der Waals surface area contributed by atoms with Crippen LogP contribution >= 0.6 is 0 Å². The molecular formula is C17H21NO2. The Hall–Kier alpha value is -2.00. The number of rotatable bonds is 5. The molecule has 0 radical (unpaired) electrons. The largest absolute Gasteiger partial charge is 0.493 e. The Labute approximate surface area is 120 Å². The lowest BCUT2D eigenvalue weighted by Gasteiger charge is -2.16. The monoisotopic (exact) mass is 271 g/mol. The first-order valence-corrected chi connectivity index (χ1v) is 6.72. The molecular weight excluding hydrogens is 250 g/mol. The topological polar surface area (TPSA) is 44.5 Å². The molecule has 0 heterocycles. The molecule has 0 amide bonds. The van der Waals surface area contributed by atoms with Crippen molar-refractivity contribution < 1.29 is 9.47 Å². The summed E-state index contributed by atoms with van der Waals surface area (Å²) in [4.78, 5) is 0. The van der Waals surface area contributed by atoms with E-state index >= 15 is 0 Å². The molecule has 0 aliphatic heterocycles. The molecule has 0 atom stereocenters. The maximum atomic E-state index is 5.70. The van der Waals surface area contributed by atoms with Crippen molar-refractivity contribution in [1.82, 2.24) is 0 Å². The van der Waals surface area contributed by atoms with E-state index < -0.39 is 0 Å². The Morgan fingerprint density at radius 1 is 1.05 bits per heavy atom. The number of ether oxygens (including phenoxy) is 2. The summed E-state index contributed by atoms with van der Waals surface area (Å²) < 4.78 is 10.9. The van der Waals surface area contributed by atoms with Gasteiger partial charge >= 0.3 is 0 Å². The number of nitrogens with two attached hydrogens (primary N) is 1. The van der Waals surface area contributed by atoms with E-state index in [1.807, 2.05) is 18.2 Å². The van der Waals surface area contributed by atoms with Crippen LogP contribution in [-0.4, -0.2) is 20.8 Å². The highest BCUT2D eigenvalue weighted by molar-refractivity contribution is 5.71. The summed E-state index contributed by atoms with van der Waals surface area (Å²) in [5.41, 5.74) is 10.3. The Morgan fingerprint density at radius 3 is 2.40 bits per heavy atom. The van der Waals surface area contributed by atoms with Gasteiger partial charge < -0.3 is 15.2 Å². The van der Waals surface area contributed by atoms with Gasteiger partial charge in [0.15, 0.2) is 11.5 Å². The van der Waals surface area contributed by atoms with Crippen molar-refractivity contribution in [1.29, 1.82) is 0 Å². The minimum atomic E-state index is 0.580. The molecule has 0 fully saturated rings. The third kappa shape index (κ3) is 2.78. The first-order chi connectivity index (χ1) is 9.71. The highest BCUT2D eigenvalue weighted by Gasteiger charge is 2.13. The molecule has 0 bridgehead atoms. The van der Waals surface area contributed by atoms with Gasteiger partial charge in [0, 0.05) is 0 Å². The van der Waals surface area contributed by atoms with Gasteiger partial charge in [0.05, 0.1) is 14.2 Å². The van der Waals surface area contributed by atoms with Crippen molar-refractivity contribution in [3.63, 3.8) is 0 Å². The van der Waals surface area contributed by atoms with Gasteiger partial charge in [-0.1, -0.05) is 24.3 Å². The SMILES string of the molecule is COc1cc(-c2ccccc2C)cc(CCN)c1OC. The molecule has 3 heteroatoms. The van der Waals surface area contributed by atoms with Crippen molar-refractivity contribution in [2.24, 2.45) is 5.73 Å². The zero-order valence-corrected chi connectivity index (χ0v) is 12.3. The maximum Gasteiger partial charge on any atom is 0.163 e. The molecule has 3 nitrogen and oxygen atoms in total. The van der Waals surface area contributed by atoms with E-state index in [0.717, 1.165) is 29.0 Å². The van der Waals surface area contributed by atoms with Crippen molar-refractivity contribution in [3.8, 4) is 22.6 Å². The van der Waals surface area contributed by atoms with E-state index in [4.69, 9.17) is 15.2 Å². The third-order valence-electron chi connectivity index (χ3n) is 3.43. The zero-order valence-electron chi connectivity index (χ0n) is 12.3. The van der Waals surface area contributed by atoms with Crippen LogP contribution in [-0.2, 0) is 6.42 Å². The van der Waals surface area contributed by atoms with Crippen molar-refractivity contribution in [2.45, 2.75) is 13.3 Å². The summed E-state index contributed by atoms with van der Waals surface area (Å²) in [5.74, 6) is 1.52. The summed E-state index contributed by atoms with van der Waals surface area (Å²) in [7, 11) is 3.32. The molecule has 0 aliphatic rings. The fourth-order valence-electron chi connectivity index (χ4n) is 2.44. The van der Waals surface area contributed by atoms with E-state index in [1.54, 1.807) is 14.2 Å². The summed E-state index contributed by atoms with van der Waals surface area (Å²) in [6.45, 7) is 2.69. The second-order valence-electron chi connectivity index (χ2n) is 4.72. The van der Waals surface area contributed by atoms with Gasteiger partial charge in [-0.3, -0.25) is 0 Å². The number of benzene rings is 2. The summed E-state index contributed by atoms with van der Waals surface area (Å²) >= 11 is 0. The van der Waals surface area contributed by atoms with Crippen LogP contribution < -0.4 is 15.2 Å². The van der Waals surface area contributed by atoms with Crippen LogP contribution in [0, 0.1) is 6.92 Å². The van der Waals surface area contributed by atoms with Crippen LogP contribution in [0.25, 0.3) is 11.1 Å². The van der Waals surface area contributed by atoms with Crippen molar-refractivity contribution >= 4 is 0 Å². The minimum absolute atomic E-state index is 0.580. The van der Waals surface area contributed by atoms with E-state index in [-0.39, 0.29) is 0 Å². The lowest BCUT2D eigenvalue weighted by Crippen LogP contribution is -2.05. The Morgan fingerprint density at radius 2 is 1.80 bits per heavy atom. The van der Waals surface area contributed by atoms with Crippen LogP contribution in [0.1, 0.15) is 11.1 Å². The summed E-state index contributed by atoms with van der Waals surface area (Å²) in [6, 6.07) is 12.5. The smallest absolute Gasteiger partial charge is 0.163 e. The lowest BCUT2D eigenvalue weighted by atomic mass is 9.97. The molecule has 20 heavy (non-hydrogen) atoms. The second kappa shape index (κ2) is 6.44. The predicted octanol–water partition coefficient (Wildman–Crippen LogP) is 3.18. The van der Waals surface area contributed by atoms with Gasteiger partial charge in [-0.25, -0.2) is 0 Å². The van der Waals surface area contributed by atoms with E-state index in [9.17, 15) is 0 Å². The molecule has 2 aromatic carbocycles. The number of aryl methyl sites for hydroxylation is 1. The number of hydrogen-bond acceptors (Lipinski definition) is 3. The Bertz CT molecular complexity index is 594. The molecule has 0 unspecified atom stereocenters. The average molecular weight is 271 g/mol. The lowest BCUT2D eigenvalue weighted by molar-refractivity contribution is 0.352. The third-order valence-corrected chi connectivity index (χ3v) is 3.43. The Balaban J connectivity index is 2.60. The Kier molecular flexibility index (Phi) is 4.64. The fraction of sp³-hybridized carbons (Fsp3) is 0.294. The van der Waals surface area contributed by atoms with Gasteiger partial charge in [0.2, 0.25) is 0 Å². The summed E-state index contributed by atoms with van der Waals surface area (Å²) in [6.07, 6.45) is 0.763. The van der Waals surface area contributed by atoms with Gasteiger partial charge in [-0.05, 0) is 54.3 Å². The van der Waals surface area contributed by atoms with E-state index in [2.05, 4.69) is 25.1 Å². The van der Waals surface area contributed by atoms with Gasteiger partial charge in [-0.15, -0.1) is 0 Å². The van der Waals surface area contributed by atoms with E-state index in [0.29, 0.717) is 6.54 Å². The first kappa shape index (κ1) is 14.4. The number of methoxy groups -OCH3 is 2. The molecule has 2 N–H and O–H groups in total. The van der Waals surface area contributed by atoms with Gasteiger partial charge in [0.25, 0.3) is 0 Å². The van der Waals surface area contributed by atoms with Crippen LogP contribution in [0.4, 0.5) is 0 Å². The maximum absolute atomic E-state index is 5.70. The van der Waals surface area contributed by atoms with Crippen LogP contribution in [0.3, 0.4) is 0 Å². The number of hydrogen-bond donors (Lipinski definition) is 1. The second-order valence-corrected chi connectivity index (χ2v) is 4.72. The highest BCUT2D eigenvalue weighted by atomic mass is 16.5. The molecule has 0 aliphatic carbocycles. The van der Waals surface area contributed by atoms with Gasteiger partial charge in [0.1, 0.15) is 0 Å². The minimum Gasteiger partial charge on any atom is -0.493 e. The molecule has 2 aromatic rings. The molecule has 0 aromatic heterocycles. The summed E-state index contributed by atoms with van der Waals surface area (Å²) in [5, 5.41) is 0. The highest BCUT2D eigenvalue weighted by Crippen LogP contribution is 2.37. The predicted molar refractivity (Wildman–Crippen MR) is 82.5 cm³/mol. The molecule has 106 valence electrons. The molecule has 0 saturated carbocycles. The first-order valence-electron chi connectivity index (χ1n) is 6.72. The molecule has 0 spiro atoms. The van der Waals surface area contributed by atoms with Gasteiger partial charge in [-0.2, -0.15) is 0 Å².